The number of ether oxygens (including phenoxy) is 2. The topological polar surface area (TPSA) is 96.2 Å². The first-order valence-corrected chi connectivity index (χ1v) is 5.32. The third-order valence-electron chi connectivity index (χ3n) is 2.11. The molecule has 5 atom stereocenters. The Balaban J connectivity index is 2.70. The van der Waals surface area contributed by atoms with Crippen LogP contribution in [0.15, 0.2) is 0 Å². The van der Waals surface area contributed by atoms with E-state index in [-0.39, 0.29) is 0 Å². The van der Waals surface area contributed by atoms with E-state index in [1.807, 2.05) is 0 Å². The molecule has 0 saturated carbocycles. The molecule has 0 aromatic heterocycles. The van der Waals surface area contributed by atoms with Crippen LogP contribution in [0.25, 0.3) is 0 Å². The minimum absolute atomic E-state index is 0.423. The molecule has 0 aromatic carbocycles. The van der Waals surface area contributed by atoms with Crippen LogP contribution in [0.3, 0.4) is 0 Å². The lowest BCUT2D eigenvalue weighted by Gasteiger charge is -2.39. The van der Waals surface area contributed by atoms with Crippen molar-refractivity contribution >= 4 is 21.9 Å². The van der Waals surface area contributed by atoms with Crippen LogP contribution in [0.5, 0.6) is 0 Å². The van der Waals surface area contributed by atoms with Crippen molar-refractivity contribution < 1.29 is 29.6 Å². The Labute approximate surface area is 94.9 Å². The molecule has 15 heavy (non-hydrogen) atoms. The second-order valence-electron chi connectivity index (χ2n) is 3.26. The lowest BCUT2D eigenvalue weighted by molar-refractivity contribution is -0.216. The van der Waals surface area contributed by atoms with E-state index in [1.165, 1.54) is 6.92 Å². The molecule has 88 valence electrons. The number of hydrogen-bond donors (Lipinski definition) is 3. The van der Waals surface area contributed by atoms with Gasteiger partial charge in [0.1, 0.15) is 18.3 Å². The molecular weight excluding hydrogens is 272 g/mol. The van der Waals surface area contributed by atoms with E-state index >= 15 is 0 Å². The molecule has 1 rings (SSSR count). The van der Waals surface area contributed by atoms with Gasteiger partial charge in [-0.3, -0.25) is 4.79 Å². The predicted octanol–water partition coefficient (Wildman–Crippen LogP) is -1.25. The number of alkyl halides is 1. The van der Waals surface area contributed by atoms with Crippen LogP contribution >= 0.6 is 15.9 Å². The summed E-state index contributed by atoms with van der Waals surface area (Å²) in [6, 6.07) is 0. The molecule has 6 nitrogen and oxygen atoms in total. The minimum atomic E-state index is -1.29. The predicted molar refractivity (Wildman–Crippen MR) is 52.2 cm³/mol. The van der Waals surface area contributed by atoms with E-state index in [2.05, 4.69) is 15.9 Å². The van der Waals surface area contributed by atoms with E-state index in [0.29, 0.717) is 0 Å². The first-order valence-electron chi connectivity index (χ1n) is 4.41. The van der Waals surface area contributed by atoms with Crippen molar-refractivity contribution in [1.29, 1.82) is 0 Å². The summed E-state index contributed by atoms with van der Waals surface area (Å²) in [4.78, 5) is 10.7. The molecular formula is C8H13BrO6. The van der Waals surface area contributed by atoms with Gasteiger partial charge in [-0.05, 0) is 0 Å². The van der Waals surface area contributed by atoms with Crippen molar-refractivity contribution in [1.82, 2.24) is 0 Å². The van der Waals surface area contributed by atoms with Gasteiger partial charge in [0.15, 0.2) is 11.1 Å². The van der Waals surface area contributed by atoms with Gasteiger partial charge in [0.2, 0.25) is 0 Å². The number of rotatable bonds is 2. The Morgan fingerprint density at radius 1 is 1.47 bits per heavy atom. The highest BCUT2D eigenvalue weighted by Crippen LogP contribution is 2.26. The van der Waals surface area contributed by atoms with Crippen molar-refractivity contribution in [2.24, 2.45) is 0 Å². The van der Waals surface area contributed by atoms with Crippen molar-refractivity contribution in [3.05, 3.63) is 0 Å². The van der Waals surface area contributed by atoms with Crippen LogP contribution in [0.2, 0.25) is 0 Å². The number of halogens is 1. The Kier molecular flexibility index (Phi) is 4.47. The molecule has 0 aliphatic carbocycles. The maximum atomic E-state index is 10.7. The molecule has 1 saturated heterocycles. The highest BCUT2D eigenvalue weighted by molar-refractivity contribution is 9.09. The number of hydrogen-bond acceptors (Lipinski definition) is 6. The van der Waals surface area contributed by atoms with Crippen LogP contribution in [0.1, 0.15) is 6.92 Å². The molecule has 3 N–H and O–H groups in total. The largest absolute Gasteiger partial charge is 0.456 e. The summed E-state index contributed by atoms with van der Waals surface area (Å²) in [6.45, 7) is 0.768. The van der Waals surface area contributed by atoms with E-state index < -0.39 is 42.0 Å². The molecule has 1 aliphatic heterocycles. The van der Waals surface area contributed by atoms with Crippen LogP contribution in [-0.2, 0) is 14.3 Å². The molecule has 1 heterocycles. The van der Waals surface area contributed by atoms with Gasteiger partial charge in [-0.1, -0.05) is 15.9 Å². The Morgan fingerprint density at radius 2 is 2.07 bits per heavy atom. The first kappa shape index (κ1) is 12.9. The van der Waals surface area contributed by atoms with Crippen molar-refractivity contribution in [3.8, 4) is 0 Å². The Hall–Kier alpha value is -0.210. The summed E-state index contributed by atoms with van der Waals surface area (Å²) in [7, 11) is 0. The summed E-state index contributed by atoms with van der Waals surface area (Å²) in [5.41, 5.74) is 0. The monoisotopic (exact) mass is 284 g/mol. The summed E-state index contributed by atoms with van der Waals surface area (Å²) < 4.78 is 9.89. The second-order valence-corrected chi connectivity index (χ2v) is 4.17. The molecule has 0 bridgehead atoms. The zero-order valence-electron chi connectivity index (χ0n) is 8.04. The van der Waals surface area contributed by atoms with E-state index in [9.17, 15) is 15.0 Å². The van der Waals surface area contributed by atoms with Gasteiger partial charge in [0, 0.05) is 6.92 Å². The lowest BCUT2D eigenvalue weighted by atomic mass is 10.0. The number of aliphatic hydroxyl groups excluding tert-OH is 3. The van der Waals surface area contributed by atoms with E-state index in [4.69, 9.17) is 14.6 Å². The third-order valence-corrected chi connectivity index (χ3v) is 2.85. The van der Waals surface area contributed by atoms with Gasteiger partial charge >= 0.3 is 5.97 Å². The summed E-state index contributed by atoms with van der Waals surface area (Å²) in [6.07, 6.45) is -4.45. The maximum Gasteiger partial charge on any atom is 0.303 e. The number of aliphatic hydroxyl groups is 3. The molecule has 1 aliphatic rings. The lowest BCUT2D eigenvalue weighted by Crippen LogP contribution is -2.58. The van der Waals surface area contributed by atoms with Crippen LogP contribution < -0.4 is 0 Å². The van der Waals surface area contributed by atoms with Gasteiger partial charge in [-0.25, -0.2) is 0 Å². The summed E-state index contributed by atoms with van der Waals surface area (Å²) >= 11 is 3.05. The van der Waals surface area contributed by atoms with Gasteiger partial charge < -0.3 is 24.8 Å². The molecule has 0 radical (unpaired) electrons. The summed E-state index contributed by atoms with van der Waals surface area (Å²) in [5, 5.41) is 27.2. The van der Waals surface area contributed by atoms with Crippen molar-refractivity contribution in [3.63, 3.8) is 0 Å². The van der Waals surface area contributed by atoms with Gasteiger partial charge in [0.05, 0.1) is 6.61 Å². The fourth-order valence-electron chi connectivity index (χ4n) is 1.36. The molecule has 5 unspecified atom stereocenters. The number of carbonyl (C=O) groups is 1. The molecule has 0 aromatic rings. The SMILES string of the molecule is CC(=O)OC1C(Br)OC(CO)C(O)C1O. The van der Waals surface area contributed by atoms with Gasteiger partial charge in [-0.15, -0.1) is 0 Å². The standard InChI is InChI=1S/C8H13BrO6/c1-3(11)14-7-6(13)5(12)4(2-10)15-8(7)9/h4-8,10,12-13H,2H2,1H3. The quantitative estimate of drug-likeness (QED) is 0.433. The average molecular weight is 285 g/mol. The fraction of sp³-hybridized carbons (Fsp3) is 0.875. The Bertz CT molecular complexity index is 235. The highest BCUT2D eigenvalue weighted by Gasteiger charge is 2.45. The molecule has 0 spiro atoms. The van der Waals surface area contributed by atoms with E-state index in [0.717, 1.165) is 0 Å². The average Bonchev–Trinajstić information content (AvgIpc) is 2.18. The van der Waals surface area contributed by atoms with E-state index in [1.54, 1.807) is 0 Å². The number of carbonyl (C=O) groups excluding carboxylic acids is 1. The number of esters is 1. The zero-order chi connectivity index (χ0) is 11.6. The third kappa shape index (κ3) is 2.88. The summed E-state index contributed by atoms with van der Waals surface area (Å²) in [5.74, 6) is -0.582. The van der Waals surface area contributed by atoms with Crippen LogP contribution in [0.4, 0.5) is 0 Å². The van der Waals surface area contributed by atoms with Gasteiger partial charge in [-0.2, -0.15) is 0 Å². The van der Waals surface area contributed by atoms with Crippen molar-refractivity contribution in [2.45, 2.75) is 36.4 Å². The van der Waals surface area contributed by atoms with Gasteiger partial charge in [0.25, 0.3) is 0 Å². The van der Waals surface area contributed by atoms with Crippen LogP contribution in [-0.4, -0.2) is 57.3 Å². The zero-order valence-corrected chi connectivity index (χ0v) is 9.62. The van der Waals surface area contributed by atoms with Crippen molar-refractivity contribution in [2.75, 3.05) is 6.61 Å². The second kappa shape index (κ2) is 5.22. The highest BCUT2D eigenvalue weighted by atomic mass is 79.9. The normalized spacial score (nSPS) is 41.3. The maximum absolute atomic E-state index is 10.7. The smallest absolute Gasteiger partial charge is 0.303 e. The fourth-order valence-corrected chi connectivity index (χ4v) is 2.06. The van der Waals surface area contributed by atoms with Crippen LogP contribution in [0, 0.1) is 0 Å². The Morgan fingerprint density at radius 3 is 2.53 bits per heavy atom. The molecule has 1 fully saturated rings. The molecule has 0 amide bonds. The molecule has 7 heteroatoms. The minimum Gasteiger partial charge on any atom is -0.456 e. The first-order chi connectivity index (χ1) is 6.97.